The molecule has 11 nitrogen and oxygen atoms in total. The molecule has 1 N–H and O–H groups in total. The third kappa shape index (κ3) is 8.66. The Kier molecular flexibility index (Phi) is 11.9. The fraction of sp³-hybridized carbons (Fsp3) is 0.567. The Morgan fingerprint density at radius 3 is 2.14 bits per heavy atom. The molecule has 1 aliphatic rings. The molecule has 236 valence electrons. The highest BCUT2D eigenvalue weighted by Crippen LogP contribution is 2.30. The van der Waals surface area contributed by atoms with Gasteiger partial charge in [0.1, 0.15) is 0 Å². The molecule has 1 unspecified atom stereocenters. The van der Waals surface area contributed by atoms with Crippen molar-refractivity contribution >= 4 is 50.8 Å². The predicted molar refractivity (Wildman–Crippen MR) is 163 cm³/mol. The zero-order valence-electron chi connectivity index (χ0n) is 25.2. The van der Waals surface area contributed by atoms with Gasteiger partial charge in [0.15, 0.2) is 27.3 Å². The van der Waals surface area contributed by atoms with E-state index in [2.05, 4.69) is 17.2 Å². The number of unbranched alkanes of at least 4 members (excludes halogenated alkanes) is 9. The zero-order chi connectivity index (χ0) is 31.8. The molecule has 1 atom stereocenters. The normalized spacial score (nSPS) is 15.4. The molecular weight excluding hydrogens is 596 g/mol. The largest absolute Gasteiger partial charge is 0.433 e. The maximum atomic E-state index is 13.5. The molecule has 3 rings (SSSR count). The van der Waals surface area contributed by atoms with Gasteiger partial charge in [-0.15, -0.1) is 0 Å². The second-order valence-electron chi connectivity index (χ2n) is 11.3. The molecule has 13 heteroatoms. The van der Waals surface area contributed by atoms with Gasteiger partial charge in [-0.25, -0.2) is 23.1 Å². The SMILES string of the molecule is CCCCCCCCCCCCS(=O)(=O)c1ccc(NC(=O)C(C(=O)c2nccn2C)N2C(=O)OC(C)(C)C2=O)c(Cl)c1. The Bertz CT molecular complexity index is 1440. The molecule has 0 saturated carbocycles. The third-order valence-electron chi connectivity index (χ3n) is 7.39. The van der Waals surface area contributed by atoms with E-state index in [0.717, 1.165) is 25.7 Å². The summed E-state index contributed by atoms with van der Waals surface area (Å²) < 4.78 is 32.3. The number of imidazole rings is 1. The summed E-state index contributed by atoms with van der Waals surface area (Å²) in [5.41, 5.74) is -1.58. The van der Waals surface area contributed by atoms with Crippen LogP contribution in [0.1, 0.15) is 95.6 Å². The Morgan fingerprint density at radius 2 is 1.63 bits per heavy atom. The molecule has 1 aromatic carbocycles. The standard InChI is InChI=1S/C30H41ClN4O7S/c1-5-6-7-8-9-10-11-12-13-14-19-43(40,41)21-15-16-23(22(31)20-21)33-27(37)24(25(36)26-32-17-18-34(26)4)35-28(38)30(2,3)42-29(35)39/h15-18,20,24H,5-14,19H2,1-4H3,(H,33,37). The van der Waals surface area contributed by atoms with Crippen LogP contribution < -0.4 is 5.32 Å². The summed E-state index contributed by atoms with van der Waals surface area (Å²) in [6.07, 6.45) is 12.5. The zero-order valence-corrected chi connectivity index (χ0v) is 26.8. The molecule has 2 aromatic rings. The van der Waals surface area contributed by atoms with E-state index in [0.29, 0.717) is 11.3 Å². The number of hydrogen-bond acceptors (Lipinski definition) is 8. The first kappa shape index (κ1) is 34.2. The molecule has 0 aliphatic carbocycles. The topological polar surface area (TPSA) is 145 Å². The van der Waals surface area contributed by atoms with Crippen LogP contribution in [0.5, 0.6) is 0 Å². The molecule has 3 amide bonds. The predicted octanol–water partition coefficient (Wildman–Crippen LogP) is 5.72. The molecule has 1 aliphatic heterocycles. The number of anilines is 1. The minimum atomic E-state index is -3.62. The van der Waals surface area contributed by atoms with Gasteiger partial charge in [-0.05, 0) is 38.5 Å². The number of hydrogen-bond donors (Lipinski definition) is 1. The number of cyclic esters (lactones) is 1. The molecule has 1 saturated heterocycles. The number of aromatic nitrogens is 2. The third-order valence-corrected chi connectivity index (χ3v) is 9.50. The van der Waals surface area contributed by atoms with Crippen LogP contribution in [-0.4, -0.2) is 64.0 Å². The Balaban J connectivity index is 1.66. The van der Waals surface area contributed by atoms with Crippen molar-refractivity contribution in [3.8, 4) is 0 Å². The van der Waals surface area contributed by atoms with Crippen molar-refractivity contribution in [2.24, 2.45) is 7.05 Å². The number of benzene rings is 1. The number of carbonyl (C=O) groups is 4. The monoisotopic (exact) mass is 636 g/mol. The summed E-state index contributed by atoms with van der Waals surface area (Å²) in [5, 5.41) is 2.37. The number of amides is 3. The Morgan fingerprint density at radius 1 is 1.02 bits per heavy atom. The summed E-state index contributed by atoms with van der Waals surface area (Å²) in [6, 6.07) is 1.92. The van der Waals surface area contributed by atoms with Crippen LogP contribution in [0.4, 0.5) is 10.5 Å². The molecule has 0 bridgehead atoms. The summed E-state index contributed by atoms with van der Waals surface area (Å²) in [5.74, 6) is -3.02. The van der Waals surface area contributed by atoms with E-state index < -0.39 is 45.2 Å². The number of halogens is 1. The molecule has 0 radical (unpaired) electrons. The minimum absolute atomic E-state index is 0.00136. The van der Waals surface area contributed by atoms with E-state index in [1.807, 2.05) is 0 Å². The van der Waals surface area contributed by atoms with Crippen LogP contribution in [0.25, 0.3) is 0 Å². The van der Waals surface area contributed by atoms with Crippen LogP contribution >= 0.6 is 11.6 Å². The number of Topliss-reactive ketones (excluding diaryl/α,β-unsaturated/α-hetero) is 1. The van der Waals surface area contributed by atoms with E-state index in [-0.39, 0.29) is 27.2 Å². The number of imide groups is 1. The lowest BCUT2D eigenvalue weighted by Crippen LogP contribution is -2.53. The Labute approximate surface area is 258 Å². The highest BCUT2D eigenvalue weighted by molar-refractivity contribution is 7.91. The van der Waals surface area contributed by atoms with Gasteiger partial charge in [-0.1, -0.05) is 76.3 Å². The van der Waals surface area contributed by atoms with Crippen molar-refractivity contribution in [2.45, 2.75) is 102 Å². The van der Waals surface area contributed by atoms with E-state index in [4.69, 9.17) is 16.3 Å². The highest BCUT2D eigenvalue weighted by Gasteiger charge is 2.54. The van der Waals surface area contributed by atoms with Crippen molar-refractivity contribution < 1.29 is 32.3 Å². The second kappa shape index (κ2) is 15.0. The van der Waals surface area contributed by atoms with Crippen molar-refractivity contribution in [2.75, 3.05) is 11.1 Å². The fourth-order valence-corrected chi connectivity index (χ4v) is 6.56. The number of nitrogens with one attached hydrogen (secondary N) is 1. The van der Waals surface area contributed by atoms with Gasteiger partial charge in [-0.3, -0.25) is 14.4 Å². The van der Waals surface area contributed by atoms with Gasteiger partial charge in [0.05, 0.1) is 21.4 Å². The van der Waals surface area contributed by atoms with Crippen LogP contribution in [0.15, 0.2) is 35.5 Å². The number of aryl methyl sites for hydroxylation is 1. The summed E-state index contributed by atoms with van der Waals surface area (Å²) >= 11 is 6.36. The highest BCUT2D eigenvalue weighted by atomic mass is 35.5. The van der Waals surface area contributed by atoms with Gasteiger partial charge >= 0.3 is 6.09 Å². The molecule has 1 fully saturated rings. The number of nitrogens with zero attached hydrogens (tertiary/aromatic N) is 3. The van der Waals surface area contributed by atoms with Gasteiger partial charge in [0.25, 0.3) is 11.8 Å². The molecule has 2 heterocycles. The molecule has 43 heavy (non-hydrogen) atoms. The summed E-state index contributed by atoms with van der Waals surface area (Å²) in [7, 11) is -2.09. The first-order valence-electron chi connectivity index (χ1n) is 14.7. The van der Waals surface area contributed by atoms with Gasteiger partial charge < -0.3 is 14.6 Å². The average Bonchev–Trinajstić information content (AvgIpc) is 3.45. The molecular formula is C30H41ClN4O7S. The number of sulfone groups is 1. The van der Waals surface area contributed by atoms with E-state index in [1.165, 1.54) is 88.2 Å². The number of carbonyl (C=O) groups excluding carboxylic acids is 4. The minimum Gasteiger partial charge on any atom is -0.433 e. The lowest BCUT2D eigenvalue weighted by molar-refractivity contribution is -0.137. The summed E-state index contributed by atoms with van der Waals surface area (Å²) in [4.78, 5) is 56.8. The number of ketones is 1. The van der Waals surface area contributed by atoms with Crippen LogP contribution in [0, 0.1) is 0 Å². The average molecular weight is 637 g/mol. The smallest absolute Gasteiger partial charge is 0.418 e. The van der Waals surface area contributed by atoms with E-state index in [9.17, 15) is 27.6 Å². The summed E-state index contributed by atoms with van der Waals surface area (Å²) in [6.45, 7) is 4.89. The number of ether oxygens (including phenoxy) is 1. The second-order valence-corrected chi connectivity index (χ2v) is 13.8. The lowest BCUT2D eigenvalue weighted by atomic mass is 10.1. The van der Waals surface area contributed by atoms with Crippen LogP contribution in [0.3, 0.4) is 0 Å². The van der Waals surface area contributed by atoms with Crippen molar-refractivity contribution in [1.82, 2.24) is 14.5 Å². The lowest BCUT2D eigenvalue weighted by Gasteiger charge is -2.23. The molecule has 0 spiro atoms. The van der Waals surface area contributed by atoms with Crippen molar-refractivity contribution in [3.63, 3.8) is 0 Å². The number of rotatable bonds is 17. The van der Waals surface area contributed by atoms with E-state index in [1.54, 1.807) is 0 Å². The van der Waals surface area contributed by atoms with Crippen molar-refractivity contribution in [1.29, 1.82) is 0 Å². The van der Waals surface area contributed by atoms with Gasteiger partial charge in [0.2, 0.25) is 5.78 Å². The Hall–Kier alpha value is -3.25. The fourth-order valence-electron chi connectivity index (χ4n) is 4.87. The first-order chi connectivity index (χ1) is 20.3. The maximum absolute atomic E-state index is 13.5. The maximum Gasteiger partial charge on any atom is 0.418 e. The van der Waals surface area contributed by atoms with Crippen molar-refractivity contribution in [3.05, 3.63) is 41.4 Å². The van der Waals surface area contributed by atoms with E-state index >= 15 is 0 Å². The quantitative estimate of drug-likeness (QED) is 0.132. The van der Waals surface area contributed by atoms with Crippen LogP contribution in [-0.2, 0) is 31.2 Å². The van der Waals surface area contributed by atoms with Crippen LogP contribution in [0.2, 0.25) is 5.02 Å². The van der Waals surface area contributed by atoms with Gasteiger partial charge in [-0.2, -0.15) is 0 Å². The van der Waals surface area contributed by atoms with Gasteiger partial charge in [0, 0.05) is 19.4 Å². The first-order valence-corrected chi connectivity index (χ1v) is 16.7. The molecule has 1 aromatic heterocycles.